The number of nitriles is 1. The van der Waals surface area contributed by atoms with E-state index in [-0.39, 0.29) is 18.2 Å². The zero-order valence-electron chi connectivity index (χ0n) is 13.2. The summed E-state index contributed by atoms with van der Waals surface area (Å²) >= 11 is 0. The van der Waals surface area contributed by atoms with Crippen molar-refractivity contribution in [3.8, 4) is 6.07 Å². The fraction of sp³-hybridized carbons (Fsp3) is 0.438. The van der Waals surface area contributed by atoms with E-state index in [1.54, 1.807) is 19.2 Å². The highest BCUT2D eigenvalue weighted by atomic mass is 16.2. The van der Waals surface area contributed by atoms with Gasteiger partial charge in [0.25, 0.3) is 0 Å². The van der Waals surface area contributed by atoms with Crippen molar-refractivity contribution in [3.63, 3.8) is 0 Å². The second-order valence-electron chi connectivity index (χ2n) is 5.35. The van der Waals surface area contributed by atoms with Crippen LogP contribution in [0.25, 0.3) is 0 Å². The van der Waals surface area contributed by atoms with Crippen molar-refractivity contribution in [2.45, 2.75) is 26.3 Å². The molecule has 0 aliphatic carbocycles. The molecule has 0 fully saturated rings. The first-order valence-electron chi connectivity index (χ1n) is 7.20. The molecule has 1 atom stereocenters. The van der Waals surface area contributed by atoms with Crippen LogP contribution in [0.15, 0.2) is 30.3 Å². The molecule has 6 nitrogen and oxygen atoms in total. The van der Waals surface area contributed by atoms with Crippen LogP contribution >= 0.6 is 0 Å². The predicted molar refractivity (Wildman–Crippen MR) is 85.1 cm³/mol. The molecule has 6 heteroatoms. The molecule has 1 aromatic carbocycles. The van der Waals surface area contributed by atoms with Gasteiger partial charge in [0.1, 0.15) is 6.04 Å². The lowest BCUT2D eigenvalue weighted by Gasteiger charge is -2.26. The van der Waals surface area contributed by atoms with Crippen LogP contribution in [0.3, 0.4) is 0 Å². The monoisotopic (exact) mass is 302 g/mol. The van der Waals surface area contributed by atoms with Crippen LogP contribution in [0.5, 0.6) is 0 Å². The van der Waals surface area contributed by atoms with Gasteiger partial charge in [0.05, 0.1) is 12.5 Å². The number of para-hydroxylation sites is 1. The molecule has 3 amide bonds. The van der Waals surface area contributed by atoms with Crippen LogP contribution < -0.4 is 10.6 Å². The van der Waals surface area contributed by atoms with Gasteiger partial charge in [-0.2, -0.15) is 5.26 Å². The van der Waals surface area contributed by atoms with Crippen LogP contribution in [0.1, 0.15) is 20.3 Å². The highest BCUT2D eigenvalue weighted by Crippen LogP contribution is 2.08. The number of rotatable bonds is 6. The van der Waals surface area contributed by atoms with Gasteiger partial charge in [-0.25, -0.2) is 4.79 Å². The van der Waals surface area contributed by atoms with Crippen molar-refractivity contribution in [1.29, 1.82) is 5.26 Å². The Bertz CT molecular complexity index is 537. The first-order chi connectivity index (χ1) is 10.5. The number of amides is 3. The van der Waals surface area contributed by atoms with E-state index in [9.17, 15) is 9.59 Å². The third-order valence-electron chi connectivity index (χ3n) is 3.19. The third-order valence-corrected chi connectivity index (χ3v) is 3.19. The minimum Gasteiger partial charge on any atom is -0.343 e. The van der Waals surface area contributed by atoms with Crippen molar-refractivity contribution in [2.24, 2.45) is 5.92 Å². The minimum absolute atomic E-state index is 0.0569. The van der Waals surface area contributed by atoms with Gasteiger partial charge >= 0.3 is 6.03 Å². The summed E-state index contributed by atoms with van der Waals surface area (Å²) in [7, 11) is 1.63. The predicted octanol–water partition coefficient (Wildman–Crippen LogP) is 2.20. The fourth-order valence-electron chi connectivity index (χ4n) is 1.91. The van der Waals surface area contributed by atoms with Crippen molar-refractivity contribution in [1.82, 2.24) is 10.2 Å². The lowest BCUT2D eigenvalue weighted by atomic mass is 10.0. The van der Waals surface area contributed by atoms with Gasteiger partial charge in [-0.05, 0) is 18.1 Å². The summed E-state index contributed by atoms with van der Waals surface area (Å²) in [6.45, 7) is 4.08. The highest BCUT2D eigenvalue weighted by molar-refractivity contribution is 5.93. The summed E-state index contributed by atoms with van der Waals surface area (Å²) in [6.07, 6.45) is 0.267. The number of nitrogens with zero attached hydrogens (tertiary/aromatic N) is 2. The van der Waals surface area contributed by atoms with E-state index >= 15 is 0 Å². The summed E-state index contributed by atoms with van der Waals surface area (Å²) in [5.74, 6) is -0.257. The van der Waals surface area contributed by atoms with Gasteiger partial charge in [0, 0.05) is 19.3 Å². The van der Waals surface area contributed by atoms with Gasteiger partial charge in [0.15, 0.2) is 0 Å². The van der Waals surface area contributed by atoms with Crippen LogP contribution in [0.2, 0.25) is 0 Å². The average molecular weight is 302 g/mol. The molecule has 0 aliphatic heterocycles. The molecule has 2 N–H and O–H groups in total. The standard InChI is InChI=1S/C16H22N4O2/c1-12(2)14(15(21)20(3)11-7-10-17)19-16(22)18-13-8-5-4-6-9-13/h4-6,8-9,12,14H,7,11H2,1-3H3,(H2,18,19,22). The molecule has 0 saturated carbocycles. The number of anilines is 1. The van der Waals surface area contributed by atoms with Crippen LogP contribution in [0.4, 0.5) is 10.5 Å². The van der Waals surface area contributed by atoms with Crippen molar-refractivity contribution < 1.29 is 9.59 Å². The second-order valence-corrected chi connectivity index (χ2v) is 5.35. The number of nitrogens with one attached hydrogen (secondary N) is 2. The maximum Gasteiger partial charge on any atom is 0.319 e. The SMILES string of the molecule is CC(C)C(NC(=O)Nc1ccccc1)C(=O)N(C)CCC#N. The highest BCUT2D eigenvalue weighted by Gasteiger charge is 2.26. The number of hydrogen-bond donors (Lipinski definition) is 2. The molecule has 0 aromatic heterocycles. The smallest absolute Gasteiger partial charge is 0.319 e. The molecular formula is C16H22N4O2. The first kappa shape index (κ1) is 17.5. The van der Waals surface area contributed by atoms with Gasteiger partial charge in [-0.15, -0.1) is 0 Å². The van der Waals surface area contributed by atoms with Gasteiger partial charge in [0.2, 0.25) is 5.91 Å². The Morgan fingerprint density at radius 2 is 1.91 bits per heavy atom. The lowest BCUT2D eigenvalue weighted by Crippen LogP contribution is -2.51. The molecule has 0 saturated heterocycles. The Hall–Kier alpha value is -2.55. The zero-order chi connectivity index (χ0) is 16.5. The summed E-state index contributed by atoms with van der Waals surface area (Å²) in [5.41, 5.74) is 0.660. The normalized spacial score (nSPS) is 11.4. The van der Waals surface area contributed by atoms with E-state index in [1.165, 1.54) is 4.90 Å². The maximum absolute atomic E-state index is 12.4. The largest absolute Gasteiger partial charge is 0.343 e. The molecule has 1 rings (SSSR count). The molecule has 1 unspecified atom stereocenters. The van der Waals surface area contributed by atoms with E-state index < -0.39 is 12.1 Å². The Balaban J connectivity index is 2.65. The Kier molecular flexibility index (Phi) is 6.90. The summed E-state index contributed by atoms with van der Waals surface area (Å²) in [4.78, 5) is 25.8. The van der Waals surface area contributed by atoms with E-state index in [2.05, 4.69) is 10.6 Å². The van der Waals surface area contributed by atoms with Gasteiger partial charge < -0.3 is 15.5 Å². The number of carbonyl (C=O) groups excluding carboxylic acids is 2. The molecular weight excluding hydrogens is 280 g/mol. The summed E-state index contributed by atoms with van der Waals surface area (Å²) in [5, 5.41) is 14.0. The van der Waals surface area contributed by atoms with Crippen molar-refractivity contribution >= 4 is 17.6 Å². The second kappa shape index (κ2) is 8.67. The lowest BCUT2D eigenvalue weighted by molar-refractivity contribution is -0.132. The zero-order valence-corrected chi connectivity index (χ0v) is 13.2. The maximum atomic E-state index is 12.4. The number of benzene rings is 1. The average Bonchev–Trinajstić information content (AvgIpc) is 2.50. The van der Waals surface area contributed by atoms with E-state index in [1.807, 2.05) is 38.1 Å². The number of urea groups is 1. The number of carbonyl (C=O) groups is 2. The molecule has 0 bridgehead atoms. The Labute approximate surface area is 131 Å². The molecule has 118 valence electrons. The van der Waals surface area contributed by atoms with Crippen LogP contribution in [-0.4, -0.2) is 36.5 Å². The molecule has 1 aromatic rings. The molecule has 0 aliphatic rings. The van der Waals surface area contributed by atoms with E-state index in [0.29, 0.717) is 12.2 Å². The van der Waals surface area contributed by atoms with Crippen LogP contribution in [0, 0.1) is 17.2 Å². The number of hydrogen-bond acceptors (Lipinski definition) is 3. The summed E-state index contributed by atoms with van der Waals surface area (Å²) in [6, 6.07) is 9.97. The topological polar surface area (TPSA) is 85.2 Å². The van der Waals surface area contributed by atoms with Crippen LogP contribution in [-0.2, 0) is 4.79 Å². The van der Waals surface area contributed by atoms with E-state index in [0.717, 1.165) is 0 Å². The van der Waals surface area contributed by atoms with E-state index in [4.69, 9.17) is 5.26 Å². The Morgan fingerprint density at radius 1 is 1.27 bits per heavy atom. The Morgan fingerprint density at radius 3 is 2.45 bits per heavy atom. The van der Waals surface area contributed by atoms with Gasteiger partial charge in [-0.1, -0.05) is 32.0 Å². The molecule has 0 heterocycles. The molecule has 0 spiro atoms. The quantitative estimate of drug-likeness (QED) is 0.844. The fourth-order valence-corrected chi connectivity index (χ4v) is 1.91. The van der Waals surface area contributed by atoms with Crippen molar-refractivity contribution in [3.05, 3.63) is 30.3 Å². The first-order valence-corrected chi connectivity index (χ1v) is 7.20. The number of likely N-dealkylation sites (N-methyl/N-ethyl adjacent to an activating group) is 1. The molecule has 22 heavy (non-hydrogen) atoms. The van der Waals surface area contributed by atoms with Crippen molar-refractivity contribution in [2.75, 3.05) is 18.9 Å². The minimum atomic E-state index is -0.632. The molecule has 0 radical (unpaired) electrons. The summed E-state index contributed by atoms with van der Waals surface area (Å²) < 4.78 is 0. The van der Waals surface area contributed by atoms with Gasteiger partial charge in [-0.3, -0.25) is 4.79 Å². The third kappa shape index (κ3) is 5.44.